The minimum atomic E-state index is -1.06. The lowest BCUT2D eigenvalue weighted by Crippen LogP contribution is -2.10. The molecule has 7 nitrogen and oxygen atoms in total. The zero-order valence-electron chi connectivity index (χ0n) is 18.8. The summed E-state index contributed by atoms with van der Waals surface area (Å²) in [5.74, 6) is -0.243. The van der Waals surface area contributed by atoms with E-state index in [0.717, 1.165) is 22.3 Å². The van der Waals surface area contributed by atoms with Crippen LogP contribution in [0.2, 0.25) is 0 Å². The minimum absolute atomic E-state index is 0.215. The van der Waals surface area contributed by atoms with Gasteiger partial charge < -0.3 is 25.1 Å². The predicted octanol–water partition coefficient (Wildman–Crippen LogP) is 4.74. The summed E-state index contributed by atoms with van der Waals surface area (Å²) < 4.78 is 16.2. The fourth-order valence-corrected chi connectivity index (χ4v) is 2.96. The van der Waals surface area contributed by atoms with E-state index in [1.807, 2.05) is 38.1 Å². The first-order chi connectivity index (χ1) is 15.2. The summed E-state index contributed by atoms with van der Waals surface area (Å²) in [6, 6.07) is 8.84. The van der Waals surface area contributed by atoms with Crippen LogP contribution in [-0.4, -0.2) is 31.3 Å². The summed E-state index contributed by atoms with van der Waals surface area (Å²) in [5.41, 5.74) is 10.2. The van der Waals surface area contributed by atoms with E-state index in [-0.39, 0.29) is 18.6 Å². The van der Waals surface area contributed by atoms with Crippen LogP contribution in [0.1, 0.15) is 43.4 Å². The standard InChI is InChI=1S/C25H29NO6/c1-16(2)5-9-20-18(8-6-17-7-10-21(26)23(13-17)31-4)14-19(15-22(20)30-3)32-25(29)12-11-24(27)28/h5-8,10,13-15H,9,11-12,26H2,1-4H3,(H,27,28)/b8-6+. The zero-order valence-corrected chi connectivity index (χ0v) is 18.8. The molecular weight excluding hydrogens is 410 g/mol. The highest BCUT2D eigenvalue weighted by Crippen LogP contribution is 2.32. The fraction of sp³-hybridized carbons (Fsp3) is 0.280. The Morgan fingerprint density at radius 2 is 1.72 bits per heavy atom. The van der Waals surface area contributed by atoms with Crippen LogP contribution < -0.4 is 19.9 Å². The number of allylic oxidation sites excluding steroid dienone is 2. The maximum atomic E-state index is 12.0. The van der Waals surface area contributed by atoms with E-state index >= 15 is 0 Å². The van der Waals surface area contributed by atoms with Crippen LogP contribution in [0.3, 0.4) is 0 Å². The van der Waals surface area contributed by atoms with Crippen LogP contribution >= 0.6 is 0 Å². The molecule has 0 saturated heterocycles. The summed E-state index contributed by atoms with van der Waals surface area (Å²) in [5, 5.41) is 8.77. The van der Waals surface area contributed by atoms with Gasteiger partial charge in [-0.3, -0.25) is 9.59 Å². The van der Waals surface area contributed by atoms with Gasteiger partial charge in [0.25, 0.3) is 0 Å². The Balaban J connectivity index is 2.44. The summed E-state index contributed by atoms with van der Waals surface area (Å²) in [6.07, 6.45) is 6.01. The fourth-order valence-electron chi connectivity index (χ4n) is 2.96. The van der Waals surface area contributed by atoms with Gasteiger partial charge >= 0.3 is 11.9 Å². The molecule has 0 aromatic heterocycles. The zero-order chi connectivity index (χ0) is 23.7. The smallest absolute Gasteiger partial charge is 0.311 e. The van der Waals surface area contributed by atoms with Gasteiger partial charge in [-0.05, 0) is 49.6 Å². The quantitative estimate of drug-likeness (QED) is 0.181. The summed E-state index contributed by atoms with van der Waals surface area (Å²) in [7, 11) is 3.11. The molecule has 3 N–H and O–H groups in total. The van der Waals surface area contributed by atoms with E-state index in [0.29, 0.717) is 23.6 Å². The number of carbonyl (C=O) groups is 2. The molecule has 0 aliphatic carbocycles. The number of nitrogens with two attached hydrogens (primary N) is 1. The van der Waals surface area contributed by atoms with E-state index < -0.39 is 11.9 Å². The normalized spacial score (nSPS) is 10.6. The highest BCUT2D eigenvalue weighted by atomic mass is 16.5. The molecule has 7 heteroatoms. The molecule has 2 rings (SSSR count). The average Bonchev–Trinajstić information content (AvgIpc) is 2.75. The van der Waals surface area contributed by atoms with E-state index in [1.54, 1.807) is 32.4 Å². The monoisotopic (exact) mass is 439 g/mol. The molecule has 170 valence electrons. The average molecular weight is 440 g/mol. The molecular formula is C25H29NO6. The first-order valence-corrected chi connectivity index (χ1v) is 10.1. The Morgan fingerprint density at radius 3 is 2.34 bits per heavy atom. The van der Waals surface area contributed by atoms with Crippen molar-refractivity contribution in [2.24, 2.45) is 0 Å². The number of anilines is 1. The predicted molar refractivity (Wildman–Crippen MR) is 125 cm³/mol. The molecule has 0 spiro atoms. The molecule has 0 aliphatic heterocycles. The molecule has 0 atom stereocenters. The Bertz CT molecular complexity index is 1030. The van der Waals surface area contributed by atoms with Gasteiger partial charge in [0, 0.05) is 11.6 Å². The van der Waals surface area contributed by atoms with Crippen molar-refractivity contribution in [1.29, 1.82) is 0 Å². The molecule has 0 fully saturated rings. The van der Waals surface area contributed by atoms with Gasteiger partial charge in [0.05, 0.1) is 32.7 Å². The number of aliphatic carboxylic acids is 1. The van der Waals surface area contributed by atoms with Crippen LogP contribution in [0.4, 0.5) is 5.69 Å². The van der Waals surface area contributed by atoms with Crippen LogP contribution in [0, 0.1) is 0 Å². The van der Waals surface area contributed by atoms with Gasteiger partial charge in [-0.1, -0.05) is 29.9 Å². The third kappa shape index (κ3) is 7.19. The topological polar surface area (TPSA) is 108 Å². The maximum Gasteiger partial charge on any atom is 0.311 e. The number of benzene rings is 2. The SMILES string of the molecule is COc1cc(/C=C/c2cc(OC(=O)CCC(=O)O)cc(OC)c2CC=C(C)C)ccc1N. The van der Waals surface area contributed by atoms with E-state index in [9.17, 15) is 9.59 Å². The lowest BCUT2D eigenvalue weighted by atomic mass is 10.00. The largest absolute Gasteiger partial charge is 0.496 e. The van der Waals surface area contributed by atoms with E-state index in [4.69, 9.17) is 25.1 Å². The number of carboxylic acid groups (broad SMARTS) is 1. The number of esters is 1. The molecule has 0 unspecified atom stereocenters. The first kappa shape index (κ1) is 24.5. The maximum absolute atomic E-state index is 12.0. The van der Waals surface area contributed by atoms with E-state index in [1.165, 1.54) is 0 Å². The van der Waals surface area contributed by atoms with Crippen molar-refractivity contribution in [3.8, 4) is 17.2 Å². The number of carbonyl (C=O) groups excluding carboxylic acids is 1. The number of nitrogen functional groups attached to an aromatic ring is 1. The molecule has 32 heavy (non-hydrogen) atoms. The van der Waals surface area contributed by atoms with Crippen molar-refractivity contribution < 1.29 is 28.9 Å². The van der Waals surface area contributed by atoms with Crippen molar-refractivity contribution in [3.63, 3.8) is 0 Å². The molecule has 0 heterocycles. The van der Waals surface area contributed by atoms with E-state index in [2.05, 4.69) is 6.08 Å². The molecule has 0 bridgehead atoms. The molecule has 0 aliphatic rings. The van der Waals surface area contributed by atoms with Gasteiger partial charge in [0.15, 0.2) is 0 Å². The van der Waals surface area contributed by atoms with Crippen LogP contribution in [0.15, 0.2) is 42.0 Å². The summed E-state index contributed by atoms with van der Waals surface area (Å²) in [4.78, 5) is 22.7. The second-order valence-corrected chi connectivity index (χ2v) is 7.38. The second kappa shape index (κ2) is 11.6. The Labute approximate surface area is 188 Å². The van der Waals surface area contributed by atoms with Gasteiger partial charge in [-0.25, -0.2) is 0 Å². The lowest BCUT2D eigenvalue weighted by molar-refractivity contribution is -0.142. The van der Waals surface area contributed by atoms with Crippen molar-refractivity contribution in [2.75, 3.05) is 20.0 Å². The van der Waals surface area contributed by atoms with Crippen molar-refractivity contribution in [2.45, 2.75) is 33.1 Å². The van der Waals surface area contributed by atoms with Gasteiger partial charge in [0.1, 0.15) is 17.2 Å². The second-order valence-electron chi connectivity index (χ2n) is 7.38. The van der Waals surface area contributed by atoms with Crippen LogP contribution in [-0.2, 0) is 16.0 Å². The number of ether oxygens (including phenoxy) is 3. The minimum Gasteiger partial charge on any atom is -0.496 e. The number of hydrogen-bond donors (Lipinski definition) is 2. The Morgan fingerprint density at radius 1 is 1.00 bits per heavy atom. The van der Waals surface area contributed by atoms with Crippen molar-refractivity contribution in [3.05, 3.63) is 58.7 Å². The number of rotatable bonds is 10. The highest BCUT2D eigenvalue weighted by Gasteiger charge is 2.14. The van der Waals surface area contributed by atoms with Gasteiger partial charge in [-0.15, -0.1) is 0 Å². The Kier molecular flexibility index (Phi) is 8.89. The number of hydrogen-bond acceptors (Lipinski definition) is 6. The molecule has 2 aromatic carbocycles. The van der Waals surface area contributed by atoms with Crippen molar-refractivity contribution >= 4 is 29.8 Å². The van der Waals surface area contributed by atoms with Gasteiger partial charge in [-0.2, -0.15) is 0 Å². The summed E-state index contributed by atoms with van der Waals surface area (Å²) >= 11 is 0. The van der Waals surface area contributed by atoms with Crippen LogP contribution in [0.25, 0.3) is 12.2 Å². The third-order valence-electron chi connectivity index (χ3n) is 4.64. The molecule has 0 saturated carbocycles. The Hall–Kier alpha value is -3.74. The third-order valence-corrected chi connectivity index (χ3v) is 4.64. The molecule has 0 radical (unpaired) electrons. The van der Waals surface area contributed by atoms with Gasteiger partial charge in [0.2, 0.25) is 0 Å². The first-order valence-electron chi connectivity index (χ1n) is 10.1. The molecule has 0 amide bonds. The summed E-state index contributed by atoms with van der Waals surface area (Å²) in [6.45, 7) is 4.03. The molecule has 2 aromatic rings. The van der Waals surface area contributed by atoms with Crippen molar-refractivity contribution in [1.82, 2.24) is 0 Å². The number of carboxylic acids is 1. The lowest BCUT2D eigenvalue weighted by Gasteiger charge is -2.14. The number of methoxy groups -OCH3 is 2. The highest BCUT2D eigenvalue weighted by molar-refractivity contribution is 5.79. The van der Waals surface area contributed by atoms with Crippen LogP contribution in [0.5, 0.6) is 17.2 Å².